The SMILES string of the molecule is C#CCOc1c(CC=C)cc(CNc2ccc(C)cc2)cc1OCC. The Bertz CT molecular complexity index is 742. The zero-order valence-electron chi connectivity index (χ0n) is 15.0. The van der Waals surface area contributed by atoms with Gasteiger partial charge in [0.05, 0.1) is 6.61 Å². The van der Waals surface area contributed by atoms with Gasteiger partial charge in [-0.25, -0.2) is 0 Å². The molecular weight excluding hydrogens is 310 g/mol. The molecule has 0 radical (unpaired) electrons. The number of nitrogens with one attached hydrogen (secondary N) is 1. The summed E-state index contributed by atoms with van der Waals surface area (Å²) >= 11 is 0. The maximum atomic E-state index is 5.77. The van der Waals surface area contributed by atoms with Crippen molar-refractivity contribution in [2.75, 3.05) is 18.5 Å². The molecule has 0 atom stereocenters. The van der Waals surface area contributed by atoms with E-state index in [2.05, 4.69) is 55.1 Å². The van der Waals surface area contributed by atoms with Gasteiger partial charge in [-0.3, -0.25) is 0 Å². The lowest BCUT2D eigenvalue weighted by Crippen LogP contribution is -2.06. The van der Waals surface area contributed by atoms with Gasteiger partial charge < -0.3 is 14.8 Å². The highest BCUT2D eigenvalue weighted by molar-refractivity contribution is 5.52. The normalized spacial score (nSPS) is 9.96. The number of ether oxygens (including phenoxy) is 2. The summed E-state index contributed by atoms with van der Waals surface area (Å²) in [5, 5.41) is 3.43. The zero-order chi connectivity index (χ0) is 18.1. The molecule has 130 valence electrons. The number of hydrogen-bond acceptors (Lipinski definition) is 3. The Kier molecular flexibility index (Phi) is 6.98. The maximum Gasteiger partial charge on any atom is 0.166 e. The van der Waals surface area contributed by atoms with E-state index in [1.807, 2.05) is 19.1 Å². The Morgan fingerprint density at radius 1 is 1.20 bits per heavy atom. The summed E-state index contributed by atoms with van der Waals surface area (Å²) in [4.78, 5) is 0. The van der Waals surface area contributed by atoms with Crippen molar-refractivity contribution in [2.24, 2.45) is 0 Å². The van der Waals surface area contributed by atoms with Crippen LogP contribution in [0.1, 0.15) is 23.6 Å². The van der Waals surface area contributed by atoms with Gasteiger partial charge in [0.25, 0.3) is 0 Å². The van der Waals surface area contributed by atoms with Gasteiger partial charge in [0.2, 0.25) is 0 Å². The Morgan fingerprint density at radius 3 is 2.60 bits per heavy atom. The van der Waals surface area contributed by atoms with Gasteiger partial charge in [-0.1, -0.05) is 29.7 Å². The number of rotatable bonds is 9. The van der Waals surface area contributed by atoms with Crippen molar-refractivity contribution in [3.63, 3.8) is 0 Å². The van der Waals surface area contributed by atoms with Gasteiger partial charge in [-0.2, -0.15) is 0 Å². The molecule has 0 bridgehead atoms. The second-order valence-corrected chi connectivity index (χ2v) is 5.72. The monoisotopic (exact) mass is 335 g/mol. The van der Waals surface area contributed by atoms with E-state index in [0.29, 0.717) is 25.3 Å². The fourth-order valence-corrected chi connectivity index (χ4v) is 2.55. The molecule has 1 N–H and O–H groups in total. The lowest BCUT2D eigenvalue weighted by Gasteiger charge is -2.17. The second kappa shape index (κ2) is 9.44. The van der Waals surface area contributed by atoms with Crippen LogP contribution in [0.4, 0.5) is 5.69 Å². The van der Waals surface area contributed by atoms with Crippen LogP contribution in [-0.4, -0.2) is 13.2 Å². The number of benzene rings is 2. The van der Waals surface area contributed by atoms with Gasteiger partial charge in [0.15, 0.2) is 11.5 Å². The number of hydrogen-bond donors (Lipinski definition) is 1. The zero-order valence-corrected chi connectivity index (χ0v) is 15.0. The van der Waals surface area contributed by atoms with Crippen LogP contribution < -0.4 is 14.8 Å². The van der Waals surface area contributed by atoms with Gasteiger partial charge in [-0.05, 0) is 50.1 Å². The highest BCUT2D eigenvalue weighted by Crippen LogP contribution is 2.34. The van der Waals surface area contributed by atoms with Crippen LogP contribution in [0.5, 0.6) is 11.5 Å². The standard InChI is InChI=1S/C22H25NO2/c1-5-8-19-14-18(16-23-20-11-9-17(4)10-12-20)15-21(24-7-3)22(19)25-13-6-2/h2,5,9-12,14-15,23H,1,7-8,13,16H2,3-4H3. The van der Waals surface area contributed by atoms with Crippen LogP contribution >= 0.6 is 0 Å². The Morgan fingerprint density at radius 2 is 1.96 bits per heavy atom. The average Bonchev–Trinajstić information content (AvgIpc) is 2.61. The van der Waals surface area contributed by atoms with E-state index in [4.69, 9.17) is 15.9 Å². The van der Waals surface area contributed by atoms with E-state index in [1.165, 1.54) is 5.56 Å². The Labute approximate surface area is 150 Å². The Balaban J connectivity index is 2.25. The molecule has 0 fully saturated rings. The largest absolute Gasteiger partial charge is 0.490 e. The van der Waals surface area contributed by atoms with E-state index in [9.17, 15) is 0 Å². The molecule has 2 aromatic carbocycles. The first-order chi connectivity index (χ1) is 12.2. The molecule has 0 unspecified atom stereocenters. The van der Waals surface area contributed by atoms with Crippen molar-refractivity contribution in [3.8, 4) is 23.8 Å². The molecule has 0 heterocycles. The van der Waals surface area contributed by atoms with Crippen molar-refractivity contribution >= 4 is 5.69 Å². The lowest BCUT2D eigenvalue weighted by molar-refractivity contribution is 0.297. The van der Waals surface area contributed by atoms with Crippen LogP contribution in [0.15, 0.2) is 49.1 Å². The van der Waals surface area contributed by atoms with Crippen molar-refractivity contribution in [2.45, 2.75) is 26.8 Å². The van der Waals surface area contributed by atoms with E-state index in [-0.39, 0.29) is 6.61 Å². The third-order valence-electron chi connectivity index (χ3n) is 3.70. The first-order valence-electron chi connectivity index (χ1n) is 8.44. The molecule has 0 aliphatic rings. The predicted molar refractivity (Wildman–Crippen MR) is 104 cm³/mol. The average molecular weight is 335 g/mol. The highest BCUT2D eigenvalue weighted by atomic mass is 16.5. The van der Waals surface area contributed by atoms with Crippen molar-refractivity contribution in [1.82, 2.24) is 0 Å². The maximum absolute atomic E-state index is 5.77. The summed E-state index contributed by atoms with van der Waals surface area (Å²) in [5.41, 5.74) is 4.47. The quantitative estimate of drug-likeness (QED) is 0.530. The lowest BCUT2D eigenvalue weighted by atomic mass is 10.1. The molecule has 0 spiro atoms. The van der Waals surface area contributed by atoms with E-state index in [0.717, 1.165) is 22.6 Å². The minimum absolute atomic E-state index is 0.213. The molecule has 0 saturated carbocycles. The van der Waals surface area contributed by atoms with Gasteiger partial charge in [0, 0.05) is 17.8 Å². The minimum Gasteiger partial charge on any atom is -0.490 e. The summed E-state index contributed by atoms with van der Waals surface area (Å²) in [6.07, 6.45) is 7.88. The third kappa shape index (κ3) is 5.32. The van der Waals surface area contributed by atoms with Crippen molar-refractivity contribution in [1.29, 1.82) is 0 Å². The smallest absolute Gasteiger partial charge is 0.166 e. The van der Waals surface area contributed by atoms with E-state index < -0.39 is 0 Å². The first-order valence-corrected chi connectivity index (χ1v) is 8.44. The van der Waals surface area contributed by atoms with Gasteiger partial charge in [-0.15, -0.1) is 13.0 Å². The van der Waals surface area contributed by atoms with Gasteiger partial charge >= 0.3 is 0 Å². The predicted octanol–water partition coefficient (Wildman–Crippen LogP) is 4.75. The van der Waals surface area contributed by atoms with Crippen LogP contribution in [0.25, 0.3) is 0 Å². The molecule has 0 aliphatic carbocycles. The molecule has 0 saturated heterocycles. The molecule has 3 nitrogen and oxygen atoms in total. The molecular formula is C22H25NO2. The summed E-state index contributed by atoms with van der Waals surface area (Å²) < 4.78 is 11.5. The summed E-state index contributed by atoms with van der Waals surface area (Å²) in [6.45, 7) is 9.34. The molecule has 3 heteroatoms. The van der Waals surface area contributed by atoms with Crippen LogP contribution in [0.3, 0.4) is 0 Å². The van der Waals surface area contributed by atoms with Crippen molar-refractivity contribution < 1.29 is 9.47 Å². The minimum atomic E-state index is 0.213. The Hall–Kier alpha value is -2.86. The van der Waals surface area contributed by atoms with Crippen LogP contribution in [0.2, 0.25) is 0 Å². The number of anilines is 1. The molecule has 25 heavy (non-hydrogen) atoms. The fourth-order valence-electron chi connectivity index (χ4n) is 2.55. The van der Waals surface area contributed by atoms with Crippen LogP contribution in [-0.2, 0) is 13.0 Å². The van der Waals surface area contributed by atoms with Crippen LogP contribution in [0, 0.1) is 19.3 Å². The van der Waals surface area contributed by atoms with E-state index >= 15 is 0 Å². The molecule has 2 rings (SSSR count). The first kappa shape index (κ1) is 18.5. The molecule has 0 aliphatic heterocycles. The topological polar surface area (TPSA) is 30.5 Å². The summed E-state index contributed by atoms with van der Waals surface area (Å²) in [6, 6.07) is 12.4. The van der Waals surface area contributed by atoms with E-state index in [1.54, 1.807) is 0 Å². The molecule has 0 aromatic heterocycles. The molecule has 0 amide bonds. The number of aryl methyl sites for hydroxylation is 1. The highest BCUT2D eigenvalue weighted by Gasteiger charge is 2.13. The number of allylic oxidation sites excluding steroid dienone is 1. The third-order valence-corrected chi connectivity index (χ3v) is 3.70. The van der Waals surface area contributed by atoms with Gasteiger partial charge in [0.1, 0.15) is 6.61 Å². The fraction of sp³-hybridized carbons (Fsp3) is 0.273. The molecule has 2 aromatic rings. The summed E-state index contributed by atoms with van der Waals surface area (Å²) in [5.74, 6) is 3.93. The summed E-state index contributed by atoms with van der Waals surface area (Å²) in [7, 11) is 0. The number of terminal acetylenes is 1. The van der Waals surface area contributed by atoms with Crippen molar-refractivity contribution in [3.05, 3.63) is 65.7 Å². The second-order valence-electron chi connectivity index (χ2n) is 5.72.